The second kappa shape index (κ2) is 7.15. The highest BCUT2D eigenvalue weighted by Crippen LogP contribution is 2.25. The fourth-order valence-electron chi connectivity index (χ4n) is 2.34. The molecule has 5 nitrogen and oxygen atoms in total. The Balaban J connectivity index is 1.80. The van der Waals surface area contributed by atoms with Crippen LogP contribution < -0.4 is 10.6 Å². The number of carbonyl (C=O) groups is 2. The SMILES string of the molecule is O=C1C[C@H](c2ccc(Br)cc2)N=C(NC(=O)c2cccc(Cl)c2)N1. The van der Waals surface area contributed by atoms with Gasteiger partial charge in [0.15, 0.2) is 0 Å². The molecule has 2 aromatic carbocycles. The normalized spacial score (nSPS) is 17.0. The highest BCUT2D eigenvalue weighted by atomic mass is 79.9. The third kappa shape index (κ3) is 4.01. The van der Waals surface area contributed by atoms with E-state index in [9.17, 15) is 9.59 Å². The monoisotopic (exact) mass is 405 g/mol. The summed E-state index contributed by atoms with van der Waals surface area (Å²) in [6.45, 7) is 0. The highest BCUT2D eigenvalue weighted by molar-refractivity contribution is 9.10. The maximum atomic E-state index is 12.3. The van der Waals surface area contributed by atoms with E-state index in [0.717, 1.165) is 10.0 Å². The second-order valence-corrected chi connectivity index (χ2v) is 6.61. The van der Waals surface area contributed by atoms with Crippen molar-refractivity contribution in [2.75, 3.05) is 0 Å². The largest absolute Gasteiger partial charge is 0.296 e. The lowest BCUT2D eigenvalue weighted by Crippen LogP contribution is -2.47. The van der Waals surface area contributed by atoms with Crippen LogP contribution in [0.4, 0.5) is 0 Å². The maximum absolute atomic E-state index is 12.3. The Morgan fingerprint density at radius 3 is 2.71 bits per heavy atom. The number of hydrogen-bond donors (Lipinski definition) is 2. The lowest BCUT2D eigenvalue weighted by molar-refractivity contribution is -0.120. The van der Waals surface area contributed by atoms with Crippen molar-refractivity contribution in [3.05, 3.63) is 69.2 Å². The molecule has 0 saturated heterocycles. The molecule has 0 aliphatic carbocycles. The Hall–Kier alpha value is -2.18. The second-order valence-electron chi connectivity index (χ2n) is 5.26. The summed E-state index contributed by atoms with van der Waals surface area (Å²) >= 11 is 9.26. The van der Waals surface area contributed by atoms with Crippen LogP contribution in [0.1, 0.15) is 28.4 Å². The third-order valence-corrected chi connectivity index (χ3v) is 4.26. The van der Waals surface area contributed by atoms with Gasteiger partial charge < -0.3 is 0 Å². The molecule has 24 heavy (non-hydrogen) atoms. The third-order valence-electron chi connectivity index (χ3n) is 3.50. The first kappa shape index (κ1) is 16.7. The van der Waals surface area contributed by atoms with E-state index in [1.54, 1.807) is 24.3 Å². The summed E-state index contributed by atoms with van der Waals surface area (Å²) in [5.74, 6) is -0.434. The van der Waals surface area contributed by atoms with Crippen molar-refractivity contribution in [2.24, 2.45) is 4.99 Å². The molecule has 0 unspecified atom stereocenters. The molecule has 0 fully saturated rings. The quantitative estimate of drug-likeness (QED) is 0.802. The fourth-order valence-corrected chi connectivity index (χ4v) is 2.80. The van der Waals surface area contributed by atoms with Gasteiger partial charge in [0, 0.05) is 15.1 Å². The van der Waals surface area contributed by atoms with Crippen LogP contribution in [0.2, 0.25) is 5.02 Å². The van der Waals surface area contributed by atoms with Gasteiger partial charge in [-0.3, -0.25) is 20.2 Å². The molecule has 0 aromatic heterocycles. The average molecular weight is 407 g/mol. The van der Waals surface area contributed by atoms with Crippen LogP contribution in [-0.4, -0.2) is 17.8 Å². The number of nitrogens with one attached hydrogen (secondary N) is 2. The standard InChI is InChI=1S/C17H13BrClN3O2/c18-12-6-4-10(5-7-12)14-9-15(23)21-17(20-14)22-16(24)11-2-1-3-13(19)8-11/h1-8,14H,9H2,(H2,20,21,22,23,24)/t14-/m1/s1. The molecule has 0 saturated carbocycles. The Morgan fingerprint density at radius 1 is 1.25 bits per heavy atom. The summed E-state index contributed by atoms with van der Waals surface area (Å²) in [6.07, 6.45) is 0.234. The molecule has 0 spiro atoms. The molecule has 1 atom stereocenters. The zero-order valence-electron chi connectivity index (χ0n) is 12.4. The first-order chi connectivity index (χ1) is 11.5. The Kier molecular flexibility index (Phi) is 4.97. The topological polar surface area (TPSA) is 70.6 Å². The molecule has 0 bridgehead atoms. The van der Waals surface area contributed by atoms with E-state index in [1.165, 1.54) is 0 Å². The predicted octanol–water partition coefficient (Wildman–Crippen LogP) is 3.45. The van der Waals surface area contributed by atoms with Gasteiger partial charge in [0.05, 0.1) is 12.5 Å². The van der Waals surface area contributed by atoms with E-state index in [0.29, 0.717) is 10.6 Å². The van der Waals surface area contributed by atoms with Crippen molar-refractivity contribution < 1.29 is 9.59 Å². The van der Waals surface area contributed by atoms with Gasteiger partial charge in [0.1, 0.15) is 0 Å². The molecule has 0 radical (unpaired) electrons. The van der Waals surface area contributed by atoms with E-state index in [4.69, 9.17) is 11.6 Å². The van der Waals surface area contributed by atoms with E-state index in [2.05, 4.69) is 31.6 Å². The van der Waals surface area contributed by atoms with E-state index < -0.39 is 0 Å². The molecule has 2 aromatic rings. The van der Waals surface area contributed by atoms with E-state index in [1.807, 2.05) is 24.3 Å². The van der Waals surface area contributed by atoms with Crippen LogP contribution in [0.25, 0.3) is 0 Å². The number of hydrogen-bond acceptors (Lipinski definition) is 3. The summed E-state index contributed by atoms with van der Waals surface area (Å²) in [5.41, 5.74) is 1.30. The molecule has 2 N–H and O–H groups in total. The maximum Gasteiger partial charge on any atom is 0.258 e. The summed E-state index contributed by atoms with van der Waals surface area (Å²) < 4.78 is 0.949. The Labute approximate surface area is 152 Å². The van der Waals surface area contributed by atoms with Gasteiger partial charge >= 0.3 is 0 Å². The molecule has 1 heterocycles. The van der Waals surface area contributed by atoms with Crippen LogP contribution in [0.5, 0.6) is 0 Å². The summed E-state index contributed by atoms with van der Waals surface area (Å²) in [7, 11) is 0. The molecule has 1 aliphatic rings. The molecular weight excluding hydrogens is 394 g/mol. The Morgan fingerprint density at radius 2 is 2.00 bits per heavy atom. The van der Waals surface area contributed by atoms with Crippen molar-refractivity contribution in [3.63, 3.8) is 0 Å². The fraction of sp³-hybridized carbons (Fsp3) is 0.118. The van der Waals surface area contributed by atoms with Crippen LogP contribution in [0.3, 0.4) is 0 Å². The summed E-state index contributed by atoms with van der Waals surface area (Å²) in [6, 6.07) is 13.8. The van der Waals surface area contributed by atoms with Gasteiger partial charge in [-0.2, -0.15) is 0 Å². The van der Waals surface area contributed by atoms with Crippen molar-refractivity contribution in [1.29, 1.82) is 0 Å². The van der Waals surface area contributed by atoms with Crippen LogP contribution in [0, 0.1) is 0 Å². The van der Waals surface area contributed by atoms with Gasteiger partial charge in [-0.05, 0) is 35.9 Å². The molecule has 3 rings (SSSR count). The van der Waals surface area contributed by atoms with Crippen LogP contribution in [0.15, 0.2) is 58.0 Å². The van der Waals surface area contributed by atoms with Gasteiger partial charge in [0.25, 0.3) is 5.91 Å². The number of carbonyl (C=O) groups excluding carboxylic acids is 2. The van der Waals surface area contributed by atoms with E-state index in [-0.39, 0.29) is 30.2 Å². The number of aliphatic imine (C=N–C) groups is 1. The molecule has 122 valence electrons. The van der Waals surface area contributed by atoms with Crippen molar-refractivity contribution in [2.45, 2.75) is 12.5 Å². The summed E-state index contributed by atoms with van der Waals surface area (Å²) in [5, 5.41) is 5.66. The molecule has 1 aliphatic heterocycles. The molecule has 2 amide bonds. The summed E-state index contributed by atoms with van der Waals surface area (Å²) in [4.78, 5) is 28.6. The van der Waals surface area contributed by atoms with E-state index >= 15 is 0 Å². The molecular formula is C17H13BrClN3O2. The van der Waals surface area contributed by atoms with Gasteiger partial charge in [-0.15, -0.1) is 0 Å². The van der Waals surface area contributed by atoms with Gasteiger partial charge in [-0.25, -0.2) is 4.99 Å². The minimum Gasteiger partial charge on any atom is -0.296 e. The lowest BCUT2D eigenvalue weighted by atomic mass is 10.0. The predicted molar refractivity (Wildman–Crippen MR) is 96.0 cm³/mol. The highest BCUT2D eigenvalue weighted by Gasteiger charge is 2.23. The number of halogens is 2. The zero-order valence-corrected chi connectivity index (χ0v) is 14.8. The lowest BCUT2D eigenvalue weighted by Gasteiger charge is -2.21. The van der Waals surface area contributed by atoms with Gasteiger partial charge in [-0.1, -0.05) is 45.7 Å². The zero-order chi connectivity index (χ0) is 17.1. The van der Waals surface area contributed by atoms with Crippen molar-refractivity contribution in [3.8, 4) is 0 Å². The van der Waals surface area contributed by atoms with Crippen molar-refractivity contribution >= 4 is 45.3 Å². The number of amides is 2. The smallest absolute Gasteiger partial charge is 0.258 e. The number of nitrogens with zero attached hydrogens (tertiary/aromatic N) is 1. The first-order valence-electron chi connectivity index (χ1n) is 7.21. The minimum atomic E-state index is -0.381. The van der Waals surface area contributed by atoms with Gasteiger partial charge in [0.2, 0.25) is 11.9 Å². The Bertz CT molecular complexity index is 821. The minimum absolute atomic E-state index is 0.143. The first-order valence-corrected chi connectivity index (χ1v) is 8.38. The molecule has 7 heteroatoms. The van der Waals surface area contributed by atoms with Crippen LogP contribution in [-0.2, 0) is 4.79 Å². The van der Waals surface area contributed by atoms with Crippen LogP contribution >= 0.6 is 27.5 Å². The van der Waals surface area contributed by atoms with Crippen molar-refractivity contribution in [1.82, 2.24) is 10.6 Å². The number of benzene rings is 2. The number of rotatable bonds is 2. The number of guanidine groups is 1. The average Bonchev–Trinajstić information content (AvgIpc) is 2.55.